The van der Waals surface area contributed by atoms with Crippen molar-refractivity contribution in [2.45, 2.75) is 20.4 Å². The van der Waals surface area contributed by atoms with Crippen molar-refractivity contribution in [2.24, 2.45) is 5.73 Å². The van der Waals surface area contributed by atoms with Crippen molar-refractivity contribution >= 4 is 10.9 Å². The monoisotopic (exact) mass is 252 g/mol. The Labute approximate surface area is 111 Å². The minimum absolute atomic E-state index is 0.428. The zero-order valence-corrected chi connectivity index (χ0v) is 11.1. The first-order valence-corrected chi connectivity index (χ1v) is 6.31. The molecule has 3 aromatic rings. The summed E-state index contributed by atoms with van der Waals surface area (Å²) in [6.07, 6.45) is 0. The Balaban J connectivity index is 2.29. The number of fused-ring (bicyclic) bond motifs is 1. The average molecular weight is 252 g/mol. The van der Waals surface area contributed by atoms with Crippen molar-refractivity contribution in [1.29, 1.82) is 0 Å². The third-order valence-electron chi connectivity index (χ3n) is 3.25. The second kappa shape index (κ2) is 4.48. The highest BCUT2D eigenvalue weighted by Gasteiger charge is 2.12. The van der Waals surface area contributed by atoms with Gasteiger partial charge in [-0.05, 0) is 26.0 Å². The number of nitrogens with zero attached hydrogens (tertiary/aromatic N) is 2. The molecule has 19 heavy (non-hydrogen) atoms. The lowest BCUT2D eigenvalue weighted by molar-refractivity contribution is 0.929. The lowest BCUT2D eigenvalue weighted by Crippen LogP contribution is -2.03. The smallest absolute Gasteiger partial charge is 0.126 e. The molecule has 0 atom stereocenters. The molecule has 0 aliphatic carbocycles. The van der Waals surface area contributed by atoms with Gasteiger partial charge in [0.15, 0.2) is 0 Å². The lowest BCUT2D eigenvalue weighted by Gasteiger charge is -2.05. The van der Waals surface area contributed by atoms with Gasteiger partial charge in [0.1, 0.15) is 5.82 Å². The maximum Gasteiger partial charge on any atom is 0.126 e. The van der Waals surface area contributed by atoms with Crippen LogP contribution in [0.4, 0.5) is 0 Å². The molecule has 0 amide bonds. The first-order valence-electron chi connectivity index (χ1n) is 6.31. The molecular weight excluding hydrogens is 236 g/mol. The van der Waals surface area contributed by atoms with Gasteiger partial charge in [-0.3, -0.25) is 0 Å². The molecule has 0 unspecified atom stereocenters. The molecule has 0 saturated carbocycles. The highest BCUT2D eigenvalue weighted by molar-refractivity contribution is 5.96. The Morgan fingerprint density at radius 2 is 1.95 bits per heavy atom. The number of nitrogens with one attached hydrogen (secondary N) is 1. The molecule has 0 saturated heterocycles. The van der Waals surface area contributed by atoms with Gasteiger partial charge < -0.3 is 10.7 Å². The van der Waals surface area contributed by atoms with Crippen molar-refractivity contribution in [1.82, 2.24) is 15.0 Å². The van der Waals surface area contributed by atoms with Gasteiger partial charge in [0.05, 0.1) is 11.4 Å². The Hall–Kier alpha value is -2.20. The summed E-state index contributed by atoms with van der Waals surface area (Å²) < 4.78 is 0. The van der Waals surface area contributed by atoms with Crippen LogP contribution in [0, 0.1) is 13.8 Å². The topological polar surface area (TPSA) is 67.6 Å². The van der Waals surface area contributed by atoms with E-state index in [0.717, 1.165) is 34.0 Å². The van der Waals surface area contributed by atoms with E-state index in [4.69, 9.17) is 5.73 Å². The molecule has 0 aliphatic heterocycles. The predicted octanol–water partition coefficient (Wildman–Crippen LogP) is 2.70. The molecule has 2 aromatic heterocycles. The predicted molar refractivity (Wildman–Crippen MR) is 76.7 cm³/mol. The van der Waals surface area contributed by atoms with E-state index in [1.807, 2.05) is 25.1 Å². The quantitative estimate of drug-likeness (QED) is 0.736. The van der Waals surface area contributed by atoms with Crippen LogP contribution in [0.25, 0.3) is 22.2 Å². The Morgan fingerprint density at radius 1 is 1.16 bits per heavy atom. The van der Waals surface area contributed by atoms with Crippen LogP contribution in [-0.4, -0.2) is 15.0 Å². The van der Waals surface area contributed by atoms with Gasteiger partial charge in [-0.25, -0.2) is 9.97 Å². The molecule has 96 valence electrons. The van der Waals surface area contributed by atoms with Gasteiger partial charge in [-0.15, -0.1) is 0 Å². The summed E-state index contributed by atoms with van der Waals surface area (Å²) in [5.41, 5.74) is 10.9. The molecule has 0 spiro atoms. The number of hydrogen-bond acceptors (Lipinski definition) is 3. The summed E-state index contributed by atoms with van der Waals surface area (Å²) in [4.78, 5) is 12.3. The molecule has 1 aromatic carbocycles. The molecule has 0 aliphatic rings. The third kappa shape index (κ3) is 2.00. The number of nitrogens with two attached hydrogens (primary N) is 1. The normalized spacial score (nSPS) is 11.1. The van der Waals surface area contributed by atoms with Crippen molar-refractivity contribution in [3.8, 4) is 11.3 Å². The van der Waals surface area contributed by atoms with Gasteiger partial charge in [0.2, 0.25) is 0 Å². The van der Waals surface area contributed by atoms with E-state index in [0.29, 0.717) is 6.54 Å². The second-order valence-electron chi connectivity index (χ2n) is 4.67. The number of H-pyrrole nitrogens is 1. The summed E-state index contributed by atoms with van der Waals surface area (Å²) in [7, 11) is 0. The summed E-state index contributed by atoms with van der Waals surface area (Å²) in [5.74, 6) is 0.752. The average Bonchev–Trinajstić information content (AvgIpc) is 2.73. The van der Waals surface area contributed by atoms with Crippen molar-refractivity contribution in [3.05, 3.63) is 47.5 Å². The zero-order chi connectivity index (χ0) is 13.4. The van der Waals surface area contributed by atoms with Crippen LogP contribution in [0.5, 0.6) is 0 Å². The van der Waals surface area contributed by atoms with Gasteiger partial charge in [-0.1, -0.05) is 18.2 Å². The molecular formula is C15H16N4. The minimum atomic E-state index is 0.428. The van der Waals surface area contributed by atoms with Crippen LogP contribution >= 0.6 is 0 Å². The van der Waals surface area contributed by atoms with Crippen LogP contribution in [0.15, 0.2) is 30.3 Å². The maximum atomic E-state index is 5.69. The summed E-state index contributed by atoms with van der Waals surface area (Å²) in [5, 5.41) is 1.18. The number of rotatable bonds is 2. The first kappa shape index (κ1) is 11.9. The minimum Gasteiger partial charge on any atom is -0.358 e. The van der Waals surface area contributed by atoms with Crippen LogP contribution in [0.2, 0.25) is 0 Å². The first-order chi connectivity index (χ1) is 9.19. The van der Waals surface area contributed by atoms with Gasteiger partial charge in [-0.2, -0.15) is 0 Å². The number of aromatic nitrogens is 3. The molecule has 0 fully saturated rings. The number of benzene rings is 1. The zero-order valence-electron chi connectivity index (χ0n) is 11.1. The van der Waals surface area contributed by atoms with Gasteiger partial charge in [0, 0.05) is 28.7 Å². The third-order valence-corrected chi connectivity index (χ3v) is 3.25. The van der Waals surface area contributed by atoms with E-state index < -0.39 is 0 Å². The Morgan fingerprint density at radius 3 is 2.74 bits per heavy atom. The summed E-state index contributed by atoms with van der Waals surface area (Å²) >= 11 is 0. The second-order valence-corrected chi connectivity index (χ2v) is 4.67. The fourth-order valence-electron chi connectivity index (χ4n) is 2.47. The Kier molecular flexibility index (Phi) is 2.80. The molecule has 0 bridgehead atoms. The van der Waals surface area contributed by atoms with Crippen molar-refractivity contribution < 1.29 is 0 Å². The van der Waals surface area contributed by atoms with Gasteiger partial charge in [0.25, 0.3) is 0 Å². The SMILES string of the molecule is Cc1nc(CN)cc(-c2c(C)[nH]c3ccccc23)n1. The van der Waals surface area contributed by atoms with Crippen LogP contribution in [0.3, 0.4) is 0 Å². The highest BCUT2D eigenvalue weighted by atomic mass is 14.9. The van der Waals surface area contributed by atoms with Crippen molar-refractivity contribution in [3.63, 3.8) is 0 Å². The molecule has 3 N–H and O–H groups in total. The summed E-state index contributed by atoms with van der Waals surface area (Å²) in [6.45, 7) is 4.39. The van der Waals surface area contributed by atoms with E-state index in [-0.39, 0.29) is 0 Å². The molecule has 4 nitrogen and oxygen atoms in total. The van der Waals surface area contributed by atoms with E-state index in [1.165, 1.54) is 5.39 Å². The van der Waals surface area contributed by atoms with E-state index >= 15 is 0 Å². The maximum absolute atomic E-state index is 5.69. The van der Waals surface area contributed by atoms with Gasteiger partial charge >= 0.3 is 0 Å². The molecule has 3 rings (SSSR count). The van der Waals surface area contributed by atoms with E-state index in [2.05, 4.69) is 34.0 Å². The van der Waals surface area contributed by atoms with E-state index in [9.17, 15) is 0 Å². The number of hydrogen-bond donors (Lipinski definition) is 2. The van der Waals surface area contributed by atoms with Crippen LogP contribution < -0.4 is 5.73 Å². The molecule has 4 heteroatoms. The molecule has 2 heterocycles. The number of para-hydroxylation sites is 1. The largest absolute Gasteiger partial charge is 0.358 e. The lowest BCUT2D eigenvalue weighted by atomic mass is 10.1. The highest BCUT2D eigenvalue weighted by Crippen LogP contribution is 2.30. The fraction of sp³-hybridized carbons (Fsp3) is 0.200. The molecule has 0 radical (unpaired) electrons. The van der Waals surface area contributed by atoms with Crippen LogP contribution in [0.1, 0.15) is 17.2 Å². The Bertz CT molecular complexity index is 743. The standard InChI is InChI=1S/C15H16N4/c1-9-15(12-5-3-4-6-13(12)17-9)14-7-11(8-16)18-10(2)19-14/h3-7,17H,8,16H2,1-2H3. The van der Waals surface area contributed by atoms with E-state index in [1.54, 1.807) is 0 Å². The number of aromatic amines is 1. The fourth-order valence-corrected chi connectivity index (χ4v) is 2.47. The number of aryl methyl sites for hydroxylation is 2. The van der Waals surface area contributed by atoms with Crippen LogP contribution in [-0.2, 0) is 6.54 Å². The summed E-state index contributed by atoms with van der Waals surface area (Å²) in [6, 6.07) is 10.2. The van der Waals surface area contributed by atoms with Crippen molar-refractivity contribution in [2.75, 3.05) is 0 Å².